The van der Waals surface area contributed by atoms with E-state index in [1.807, 2.05) is 25.9 Å². The highest BCUT2D eigenvalue weighted by atomic mass is 16.1. The first kappa shape index (κ1) is 9.43. The molecule has 0 aliphatic carbocycles. The molecule has 3 heteroatoms. The third-order valence-corrected chi connectivity index (χ3v) is 1.20. The van der Waals surface area contributed by atoms with E-state index >= 15 is 0 Å². The summed E-state index contributed by atoms with van der Waals surface area (Å²) in [7, 11) is 3.97. The third kappa shape index (κ3) is 5.56. The van der Waals surface area contributed by atoms with Crippen LogP contribution in [0, 0.1) is 0 Å². The number of likely N-dealkylation sites (N-methyl/N-ethyl adjacent to an activating group) is 1. The fourth-order valence-corrected chi connectivity index (χ4v) is 0.544. The van der Waals surface area contributed by atoms with Crippen molar-refractivity contribution in [1.29, 1.82) is 0 Å². The lowest BCUT2D eigenvalue weighted by atomic mass is 10.4. The molecule has 0 fully saturated rings. The maximum absolute atomic E-state index is 10.7. The van der Waals surface area contributed by atoms with Gasteiger partial charge in [0.05, 0.1) is 0 Å². The van der Waals surface area contributed by atoms with Crippen LogP contribution in [0.1, 0.15) is 14.8 Å². The van der Waals surface area contributed by atoms with Crippen LogP contribution in [0.15, 0.2) is 0 Å². The van der Waals surface area contributed by atoms with E-state index in [-0.39, 0.29) is 7.33 Å². The predicted octanol–water partition coefficient (Wildman–Crippen LogP) is 0.320. The predicted molar refractivity (Wildman–Crippen MR) is 44.0 cm³/mol. The summed E-state index contributed by atoms with van der Waals surface area (Å²) in [5, 5.41) is 2.78. The molecule has 0 heterocycles. The largest absolute Gasteiger partial charge is 0.355 e. The van der Waals surface area contributed by atoms with E-state index in [4.69, 9.17) is 0 Å². The van der Waals surface area contributed by atoms with Crippen molar-refractivity contribution in [2.75, 3.05) is 27.2 Å². The summed E-state index contributed by atoms with van der Waals surface area (Å²) < 4.78 is 0. The number of amides is 1. The Morgan fingerprint density at radius 2 is 2.20 bits per heavy atom. The van der Waals surface area contributed by atoms with Gasteiger partial charge in [-0.3, -0.25) is 4.79 Å². The molecule has 0 saturated carbocycles. The van der Waals surface area contributed by atoms with Crippen molar-refractivity contribution >= 4 is 5.91 Å². The smallest absolute Gasteiger partial charge is 0.219 e. The molecule has 3 nitrogen and oxygen atoms in total. The molecule has 0 atom stereocenters. The van der Waals surface area contributed by atoms with Crippen molar-refractivity contribution in [3.63, 3.8) is 0 Å². The van der Waals surface area contributed by atoms with Crippen molar-refractivity contribution in [3.8, 4) is 0 Å². The molecule has 1 N–H and O–H groups in total. The maximum atomic E-state index is 10.7. The molecule has 0 saturated heterocycles. The minimum Gasteiger partial charge on any atom is -0.355 e. The molecule has 0 aromatic rings. The summed E-state index contributed by atoms with van der Waals surface area (Å²) in [5.41, 5.74) is 0. The van der Waals surface area contributed by atoms with Gasteiger partial charge in [-0.05, 0) is 14.1 Å². The molecule has 0 bridgehead atoms. The second-order valence-corrected chi connectivity index (χ2v) is 2.51. The number of nitrogens with one attached hydrogen (secondary N) is 1. The lowest BCUT2D eigenvalue weighted by molar-refractivity contribution is -0.120. The van der Waals surface area contributed by atoms with Crippen molar-refractivity contribution in [2.24, 2.45) is 0 Å². The highest BCUT2D eigenvalue weighted by Gasteiger charge is 1.94. The van der Waals surface area contributed by atoms with Gasteiger partial charge in [-0.2, -0.15) is 0 Å². The van der Waals surface area contributed by atoms with Crippen LogP contribution in [0.25, 0.3) is 0 Å². The monoisotopic (exact) mass is 146 g/mol. The zero-order chi connectivity index (χ0) is 7.98. The van der Waals surface area contributed by atoms with E-state index in [0.717, 1.165) is 13.1 Å². The second kappa shape index (κ2) is 5.23. The second-order valence-electron chi connectivity index (χ2n) is 2.51. The summed E-state index contributed by atoms with van der Waals surface area (Å²) in [4.78, 5) is 12.7. The molecule has 0 aromatic carbocycles. The standard InChI is InChI=1S/C7H16N2O.H2/c1-4-7(10)8-5-6-9(2)3;/h4-6H2,1-3H3,(H,8,10);1H. The van der Waals surface area contributed by atoms with E-state index in [1.54, 1.807) is 0 Å². The van der Waals surface area contributed by atoms with Crippen molar-refractivity contribution in [1.82, 2.24) is 10.2 Å². The Labute approximate surface area is 63.9 Å². The Morgan fingerprint density at radius 3 is 2.60 bits per heavy atom. The van der Waals surface area contributed by atoms with Gasteiger partial charge in [0.1, 0.15) is 0 Å². The zero-order valence-electron chi connectivity index (χ0n) is 6.98. The van der Waals surface area contributed by atoms with Gasteiger partial charge in [0.15, 0.2) is 0 Å². The van der Waals surface area contributed by atoms with Gasteiger partial charge >= 0.3 is 0 Å². The van der Waals surface area contributed by atoms with Crippen molar-refractivity contribution < 1.29 is 6.22 Å². The first-order chi connectivity index (χ1) is 4.66. The first-order valence-corrected chi connectivity index (χ1v) is 3.58. The average molecular weight is 146 g/mol. The summed E-state index contributed by atoms with van der Waals surface area (Å²) in [6.07, 6.45) is 0.577. The van der Waals surface area contributed by atoms with Crippen LogP contribution >= 0.6 is 0 Å². The summed E-state index contributed by atoms with van der Waals surface area (Å²) >= 11 is 0. The molecule has 1 amide bonds. The Kier molecular flexibility index (Phi) is 4.94. The molecule has 0 aliphatic rings. The molecular formula is C7H18N2O. The highest BCUT2D eigenvalue weighted by Crippen LogP contribution is 1.75. The molecule has 0 radical (unpaired) electrons. The van der Waals surface area contributed by atoms with Crippen molar-refractivity contribution in [2.45, 2.75) is 13.3 Å². The lowest BCUT2D eigenvalue weighted by Gasteiger charge is -2.09. The average Bonchev–Trinajstić information content (AvgIpc) is 1.87. The summed E-state index contributed by atoms with van der Waals surface area (Å²) in [6, 6.07) is 0. The fraction of sp³-hybridized carbons (Fsp3) is 0.857. The van der Waals surface area contributed by atoms with Crippen LogP contribution in [0.3, 0.4) is 0 Å². The third-order valence-electron chi connectivity index (χ3n) is 1.20. The topological polar surface area (TPSA) is 32.3 Å². The van der Waals surface area contributed by atoms with Crippen LogP contribution in [-0.4, -0.2) is 38.0 Å². The van der Waals surface area contributed by atoms with E-state index in [2.05, 4.69) is 5.32 Å². The lowest BCUT2D eigenvalue weighted by Crippen LogP contribution is -2.30. The summed E-state index contributed by atoms with van der Waals surface area (Å²) in [5.74, 6) is 0.127. The van der Waals surface area contributed by atoms with E-state index in [1.165, 1.54) is 0 Å². The van der Waals surface area contributed by atoms with Gasteiger partial charge in [0.25, 0.3) is 0 Å². The zero-order valence-corrected chi connectivity index (χ0v) is 6.98. The molecule has 10 heavy (non-hydrogen) atoms. The molecule has 62 valence electrons. The normalized spacial score (nSPS) is 10.0. The molecule has 0 unspecified atom stereocenters. The Balaban J connectivity index is 0. The Bertz CT molecular complexity index is 107. The van der Waals surface area contributed by atoms with Crippen LogP contribution < -0.4 is 5.32 Å². The van der Waals surface area contributed by atoms with E-state index < -0.39 is 0 Å². The molecule has 0 spiro atoms. The van der Waals surface area contributed by atoms with Gasteiger partial charge in [-0.15, -0.1) is 0 Å². The van der Waals surface area contributed by atoms with E-state index in [9.17, 15) is 4.79 Å². The Hall–Kier alpha value is -0.570. The highest BCUT2D eigenvalue weighted by molar-refractivity contribution is 5.75. The molecular weight excluding hydrogens is 128 g/mol. The number of carbonyl (C=O) groups is 1. The van der Waals surface area contributed by atoms with E-state index in [0.29, 0.717) is 6.42 Å². The SMILES string of the molecule is CCC(=O)NCCN(C)C.[HH]. The fourth-order valence-electron chi connectivity index (χ4n) is 0.544. The van der Waals surface area contributed by atoms with Crippen LogP contribution in [0.5, 0.6) is 0 Å². The van der Waals surface area contributed by atoms with Gasteiger partial charge in [0.2, 0.25) is 5.91 Å². The molecule has 0 rings (SSSR count). The summed E-state index contributed by atoms with van der Waals surface area (Å²) in [6.45, 7) is 3.51. The minimum absolute atomic E-state index is 0. The maximum Gasteiger partial charge on any atom is 0.219 e. The molecule has 0 aromatic heterocycles. The van der Waals surface area contributed by atoms with Gasteiger partial charge < -0.3 is 10.2 Å². The van der Waals surface area contributed by atoms with Crippen LogP contribution in [0.2, 0.25) is 0 Å². The van der Waals surface area contributed by atoms with Crippen molar-refractivity contribution in [3.05, 3.63) is 0 Å². The number of hydrogen-bond donors (Lipinski definition) is 1. The number of carbonyl (C=O) groups excluding carboxylic acids is 1. The first-order valence-electron chi connectivity index (χ1n) is 3.58. The van der Waals surface area contributed by atoms with Gasteiger partial charge in [-0.25, -0.2) is 0 Å². The minimum atomic E-state index is 0. The van der Waals surface area contributed by atoms with Gasteiger partial charge in [0, 0.05) is 20.9 Å². The number of hydrogen-bond acceptors (Lipinski definition) is 2. The van der Waals surface area contributed by atoms with Gasteiger partial charge in [-0.1, -0.05) is 6.92 Å². The van der Waals surface area contributed by atoms with Crippen LogP contribution in [0.4, 0.5) is 0 Å². The Morgan fingerprint density at radius 1 is 1.60 bits per heavy atom. The number of nitrogens with zero attached hydrogens (tertiary/aromatic N) is 1. The quantitative estimate of drug-likeness (QED) is 0.619. The van der Waals surface area contributed by atoms with Crippen LogP contribution in [-0.2, 0) is 4.79 Å². The number of rotatable bonds is 4. The molecule has 0 aliphatic heterocycles.